The SMILES string of the molecule is N[C@@H]1CN(C(=O)c2cccn2Cc2cccs2)C[C@H]1c1ccccc1. The topological polar surface area (TPSA) is 51.3 Å². The number of thiophene rings is 1. The van der Waals surface area contributed by atoms with Crippen molar-refractivity contribution < 1.29 is 4.79 Å². The molecule has 1 amide bonds. The summed E-state index contributed by atoms with van der Waals surface area (Å²) in [5, 5.41) is 2.06. The molecule has 1 aromatic carbocycles. The molecular formula is C20H21N3OS. The Morgan fingerprint density at radius 1 is 1.08 bits per heavy atom. The van der Waals surface area contributed by atoms with Gasteiger partial charge in [-0.3, -0.25) is 4.79 Å². The largest absolute Gasteiger partial charge is 0.338 e. The first-order valence-electron chi connectivity index (χ1n) is 8.49. The molecule has 5 heteroatoms. The maximum absolute atomic E-state index is 13.0. The van der Waals surface area contributed by atoms with E-state index in [-0.39, 0.29) is 17.9 Å². The fraction of sp³-hybridized carbons (Fsp3) is 0.250. The number of nitrogens with two attached hydrogens (primary N) is 1. The van der Waals surface area contributed by atoms with E-state index in [1.54, 1.807) is 11.3 Å². The Morgan fingerprint density at radius 2 is 1.92 bits per heavy atom. The van der Waals surface area contributed by atoms with Crippen LogP contribution in [0.25, 0.3) is 0 Å². The lowest BCUT2D eigenvalue weighted by Crippen LogP contribution is -2.33. The van der Waals surface area contributed by atoms with Crippen LogP contribution in [-0.4, -0.2) is 34.5 Å². The second-order valence-electron chi connectivity index (χ2n) is 6.49. The van der Waals surface area contributed by atoms with Crippen molar-refractivity contribution in [2.75, 3.05) is 13.1 Å². The third kappa shape index (κ3) is 3.25. The molecule has 2 aromatic heterocycles. The molecule has 4 rings (SSSR count). The molecule has 0 bridgehead atoms. The molecule has 1 saturated heterocycles. The Balaban J connectivity index is 1.52. The summed E-state index contributed by atoms with van der Waals surface area (Å²) < 4.78 is 2.02. The normalized spacial score (nSPS) is 20.1. The van der Waals surface area contributed by atoms with Gasteiger partial charge in [0.1, 0.15) is 5.69 Å². The highest BCUT2D eigenvalue weighted by molar-refractivity contribution is 7.09. The van der Waals surface area contributed by atoms with Crippen molar-refractivity contribution in [3.8, 4) is 0 Å². The van der Waals surface area contributed by atoms with E-state index in [1.807, 2.05) is 52.1 Å². The molecule has 0 aliphatic carbocycles. The Hall–Kier alpha value is -2.37. The standard InChI is InChI=1S/C20H21N3OS/c21-18-14-23(13-17(18)15-6-2-1-3-7-15)20(24)19-9-4-10-22(19)12-16-8-5-11-25-16/h1-11,17-18H,12-14,21H2/t17-,18+/m0/s1. The van der Waals surface area contributed by atoms with Crippen LogP contribution in [0.4, 0.5) is 0 Å². The lowest BCUT2D eigenvalue weighted by Gasteiger charge is -2.18. The Bertz CT molecular complexity index is 841. The maximum Gasteiger partial charge on any atom is 0.270 e. The predicted molar refractivity (Wildman–Crippen MR) is 101 cm³/mol. The van der Waals surface area contributed by atoms with Crippen LogP contribution in [0.15, 0.2) is 66.2 Å². The number of hydrogen-bond acceptors (Lipinski definition) is 3. The van der Waals surface area contributed by atoms with Crippen molar-refractivity contribution >= 4 is 17.2 Å². The van der Waals surface area contributed by atoms with Gasteiger partial charge in [0.05, 0.1) is 6.54 Å². The quantitative estimate of drug-likeness (QED) is 0.785. The van der Waals surface area contributed by atoms with Crippen molar-refractivity contribution in [2.24, 2.45) is 5.73 Å². The van der Waals surface area contributed by atoms with E-state index in [9.17, 15) is 4.79 Å². The molecule has 2 atom stereocenters. The van der Waals surface area contributed by atoms with E-state index in [2.05, 4.69) is 23.6 Å². The number of likely N-dealkylation sites (tertiary alicyclic amines) is 1. The lowest BCUT2D eigenvalue weighted by atomic mass is 9.95. The van der Waals surface area contributed by atoms with E-state index < -0.39 is 0 Å². The van der Waals surface area contributed by atoms with E-state index in [1.165, 1.54) is 10.4 Å². The highest BCUT2D eigenvalue weighted by Crippen LogP contribution is 2.27. The second kappa shape index (κ2) is 6.86. The summed E-state index contributed by atoms with van der Waals surface area (Å²) in [5.74, 6) is 0.265. The number of rotatable bonds is 4. The summed E-state index contributed by atoms with van der Waals surface area (Å²) in [7, 11) is 0. The number of benzene rings is 1. The number of hydrogen-bond donors (Lipinski definition) is 1. The molecular weight excluding hydrogens is 330 g/mol. The Morgan fingerprint density at radius 3 is 2.68 bits per heavy atom. The lowest BCUT2D eigenvalue weighted by molar-refractivity contribution is 0.0779. The molecule has 25 heavy (non-hydrogen) atoms. The minimum Gasteiger partial charge on any atom is -0.338 e. The average Bonchev–Trinajstić information content (AvgIpc) is 3.37. The molecule has 2 N–H and O–H groups in total. The Kier molecular flexibility index (Phi) is 4.42. The van der Waals surface area contributed by atoms with Crippen molar-refractivity contribution in [1.82, 2.24) is 9.47 Å². The van der Waals surface area contributed by atoms with Gasteiger partial charge in [-0.2, -0.15) is 0 Å². The van der Waals surface area contributed by atoms with E-state index in [0.29, 0.717) is 13.1 Å². The van der Waals surface area contributed by atoms with Gasteiger partial charge in [-0.1, -0.05) is 36.4 Å². The van der Waals surface area contributed by atoms with Gasteiger partial charge >= 0.3 is 0 Å². The zero-order chi connectivity index (χ0) is 17.2. The monoisotopic (exact) mass is 351 g/mol. The van der Waals surface area contributed by atoms with Crippen molar-refractivity contribution in [3.05, 3.63) is 82.3 Å². The minimum absolute atomic E-state index is 0.0212. The molecule has 1 aliphatic heterocycles. The van der Waals surface area contributed by atoms with E-state index >= 15 is 0 Å². The van der Waals surface area contributed by atoms with E-state index in [0.717, 1.165) is 12.2 Å². The molecule has 0 spiro atoms. The fourth-order valence-electron chi connectivity index (χ4n) is 3.53. The summed E-state index contributed by atoms with van der Waals surface area (Å²) in [6, 6.07) is 18.2. The summed E-state index contributed by atoms with van der Waals surface area (Å²) in [6.07, 6.45) is 1.97. The smallest absolute Gasteiger partial charge is 0.270 e. The van der Waals surface area contributed by atoms with Crippen LogP contribution in [0.2, 0.25) is 0 Å². The summed E-state index contributed by atoms with van der Waals surface area (Å²) >= 11 is 1.71. The van der Waals surface area contributed by atoms with Gasteiger partial charge < -0.3 is 15.2 Å². The van der Waals surface area contributed by atoms with Gasteiger partial charge in [-0.15, -0.1) is 11.3 Å². The zero-order valence-corrected chi connectivity index (χ0v) is 14.7. The number of aromatic nitrogens is 1. The molecule has 0 radical (unpaired) electrons. The van der Waals surface area contributed by atoms with Crippen molar-refractivity contribution in [2.45, 2.75) is 18.5 Å². The first-order chi connectivity index (χ1) is 12.2. The highest BCUT2D eigenvalue weighted by Gasteiger charge is 2.34. The number of nitrogens with zero attached hydrogens (tertiary/aromatic N) is 2. The van der Waals surface area contributed by atoms with Crippen LogP contribution in [0, 0.1) is 0 Å². The molecule has 0 unspecified atom stereocenters. The van der Waals surface area contributed by atoms with Crippen LogP contribution >= 0.6 is 11.3 Å². The minimum atomic E-state index is -0.0212. The van der Waals surface area contributed by atoms with Gasteiger partial charge in [-0.05, 0) is 29.1 Å². The fourth-order valence-corrected chi connectivity index (χ4v) is 4.23. The Labute approximate surface area is 151 Å². The van der Waals surface area contributed by atoms with Crippen molar-refractivity contribution in [3.63, 3.8) is 0 Å². The van der Waals surface area contributed by atoms with Crippen LogP contribution < -0.4 is 5.73 Å². The first kappa shape index (κ1) is 16.1. The van der Waals surface area contributed by atoms with Crippen LogP contribution in [0.3, 0.4) is 0 Å². The number of carbonyl (C=O) groups excluding carboxylic acids is 1. The second-order valence-corrected chi connectivity index (χ2v) is 7.52. The molecule has 0 saturated carbocycles. The molecule has 3 heterocycles. The van der Waals surface area contributed by atoms with Crippen LogP contribution in [-0.2, 0) is 6.54 Å². The van der Waals surface area contributed by atoms with Crippen LogP contribution in [0.5, 0.6) is 0 Å². The summed E-state index contributed by atoms with van der Waals surface area (Å²) in [5.41, 5.74) is 8.28. The molecule has 1 aliphatic rings. The molecule has 128 valence electrons. The van der Waals surface area contributed by atoms with Gasteiger partial charge in [0.15, 0.2) is 0 Å². The van der Waals surface area contributed by atoms with Crippen molar-refractivity contribution in [1.29, 1.82) is 0 Å². The summed E-state index contributed by atoms with van der Waals surface area (Å²) in [4.78, 5) is 16.2. The average molecular weight is 351 g/mol. The van der Waals surface area contributed by atoms with E-state index in [4.69, 9.17) is 5.73 Å². The van der Waals surface area contributed by atoms with Gasteiger partial charge in [0.25, 0.3) is 5.91 Å². The molecule has 3 aromatic rings. The third-order valence-corrected chi connectivity index (χ3v) is 5.70. The van der Waals surface area contributed by atoms with Crippen LogP contribution in [0.1, 0.15) is 26.8 Å². The number of amides is 1. The third-order valence-electron chi connectivity index (χ3n) is 4.83. The predicted octanol–water partition coefficient (Wildman–Crippen LogP) is 3.16. The van der Waals surface area contributed by atoms with Gasteiger partial charge in [0.2, 0.25) is 0 Å². The first-order valence-corrected chi connectivity index (χ1v) is 9.37. The summed E-state index contributed by atoms with van der Waals surface area (Å²) in [6.45, 7) is 2.00. The molecule has 4 nitrogen and oxygen atoms in total. The highest BCUT2D eigenvalue weighted by atomic mass is 32.1. The molecule has 1 fully saturated rings. The zero-order valence-electron chi connectivity index (χ0n) is 13.9. The van der Waals surface area contributed by atoms with Gasteiger partial charge in [0, 0.05) is 36.1 Å². The van der Waals surface area contributed by atoms with Gasteiger partial charge in [-0.25, -0.2) is 0 Å². The maximum atomic E-state index is 13.0. The number of carbonyl (C=O) groups is 1.